The summed E-state index contributed by atoms with van der Waals surface area (Å²) in [5, 5.41) is 4.24. The third-order valence-electron chi connectivity index (χ3n) is 4.01. The molecule has 2 aliphatic heterocycles. The van der Waals surface area contributed by atoms with Gasteiger partial charge in [-0.15, -0.1) is 11.8 Å². The Hall–Kier alpha value is -1.45. The molecule has 1 unspecified atom stereocenters. The molecule has 21 heavy (non-hydrogen) atoms. The highest BCUT2D eigenvalue weighted by atomic mass is 35.5. The summed E-state index contributed by atoms with van der Waals surface area (Å²) in [5.41, 5.74) is 4.00. The van der Waals surface area contributed by atoms with E-state index in [9.17, 15) is 0 Å². The standard InChI is InChI=1S/C17H15ClN2S/c18-12-5-6-15-14(9-12)16(17-19-7-8-20-17)13-4-2-1-3-11(13)10-21-15/h1-6,9,16H,7-8,10H2,(H,19,20). The third-order valence-corrected chi connectivity index (χ3v) is 5.38. The van der Waals surface area contributed by atoms with Crippen molar-refractivity contribution in [2.45, 2.75) is 16.6 Å². The molecular formula is C17H15ClN2S. The number of halogens is 1. The topological polar surface area (TPSA) is 24.4 Å². The SMILES string of the molecule is Clc1ccc2c(c1)C(C1=NCCN1)c1ccccc1CS2. The van der Waals surface area contributed by atoms with Crippen LogP contribution in [-0.2, 0) is 5.75 Å². The second-order valence-corrected chi connectivity index (χ2v) is 6.75. The van der Waals surface area contributed by atoms with Crippen LogP contribution >= 0.6 is 23.4 Å². The summed E-state index contributed by atoms with van der Waals surface area (Å²) < 4.78 is 0. The first-order valence-electron chi connectivity index (χ1n) is 7.11. The van der Waals surface area contributed by atoms with Gasteiger partial charge in [-0.2, -0.15) is 0 Å². The molecule has 0 spiro atoms. The van der Waals surface area contributed by atoms with Gasteiger partial charge in [0.05, 0.1) is 12.5 Å². The molecule has 1 N–H and O–H groups in total. The highest BCUT2D eigenvalue weighted by molar-refractivity contribution is 7.98. The minimum Gasteiger partial charge on any atom is -0.371 e. The van der Waals surface area contributed by atoms with Gasteiger partial charge in [0.25, 0.3) is 0 Å². The molecule has 2 aromatic rings. The number of hydrogen-bond acceptors (Lipinski definition) is 3. The molecular weight excluding hydrogens is 300 g/mol. The molecule has 1 atom stereocenters. The molecule has 2 nitrogen and oxygen atoms in total. The van der Waals surface area contributed by atoms with Gasteiger partial charge in [0.1, 0.15) is 5.84 Å². The number of nitrogens with zero attached hydrogens (tertiary/aromatic N) is 1. The van der Waals surface area contributed by atoms with E-state index in [0.717, 1.165) is 29.7 Å². The van der Waals surface area contributed by atoms with Gasteiger partial charge in [0.2, 0.25) is 0 Å². The Balaban J connectivity index is 1.95. The Morgan fingerprint density at radius 3 is 2.90 bits per heavy atom. The van der Waals surface area contributed by atoms with E-state index in [1.807, 2.05) is 17.8 Å². The number of amidine groups is 1. The molecule has 0 aromatic heterocycles. The first kappa shape index (κ1) is 13.2. The van der Waals surface area contributed by atoms with Crippen molar-refractivity contribution < 1.29 is 0 Å². The van der Waals surface area contributed by atoms with Gasteiger partial charge >= 0.3 is 0 Å². The molecule has 2 aromatic carbocycles. The summed E-state index contributed by atoms with van der Waals surface area (Å²) >= 11 is 8.14. The van der Waals surface area contributed by atoms with Crippen molar-refractivity contribution in [2.75, 3.05) is 13.1 Å². The fraction of sp³-hybridized carbons (Fsp3) is 0.235. The van der Waals surface area contributed by atoms with Crippen LogP contribution in [0.1, 0.15) is 22.6 Å². The first-order chi connectivity index (χ1) is 10.3. The Bertz CT molecular complexity index is 726. The number of nitrogens with one attached hydrogen (secondary N) is 1. The van der Waals surface area contributed by atoms with Crippen LogP contribution in [0.5, 0.6) is 0 Å². The van der Waals surface area contributed by atoms with Crippen molar-refractivity contribution in [3.05, 3.63) is 64.2 Å². The Kier molecular flexibility index (Phi) is 3.40. The molecule has 0 aliphatic carbocycles. The fourth-order valence-electron chi connectivity index (χ4n) is 3.05. The molecule has 4 rings (SSSR count). The molecule has 0 radical (unpaired) electrons. The lowest BCUT2D eigenvalue weighted by atomic mass is 9.87. The van der Waals surface area contributed by atoms with E-state index in [2.05, 4.69) is 46.7 Å². The van der Waals surface area contributed by atoms with Crippen LogP contribution in [0.3, 0.4) is 0 Å². The smallest absolute Gasteiger partial charge is 0.109 e. The maximum absolute atomic E-state index is 6.26. The predicted molar refractivity (Wildman–Crippen MR) is 89.6 cm³/mol. The molecule has 0 amide bonds. The van der Waals surface area contributed by atoms with E-state index in [0.29, 0.717) is 0 Å². The molecule has 2 heterocycles. The second-order valence-electron chi connectivity index (χ2n) is 5.30. The maximum Gasteiger partial charge on any atom is 0.109 e. The van der Waals surface area contributed by atoms with Crippen LogP contribution in [0.4, 0.5) is 0 Å². The number of aliphatic imine (C=N–C) groups is 1. The van der Waals surface area contributed by atoms with Crippen molar-refractivity contribution in [3.63, 3.8) is 0 Å². The number of fused-ring (bicyclic) bond motifs is 2. The van der Waals surface area contributed by atoms with E-state index in [4.69, 9.17) is 11.6 Å². The fourth-order valence-corrected chi connectivity index (χ4v) is 4.31. The van der Waals surface area contributed by atoms with Gasteiger partial charge in [0.15, 0.2) is 0 Å². The Morgan fingerprint density at radius 2 is 2.05 bits per heavy atom. The van der Waals surface area contributed by atoms with Crippen LogP contribution in [-0.4, -0.2) is 18.9 Å². The van der Waals surface area contributed by atoms with E-state index in [1.54, 1.807) is 0 Å². The van der Waals surface area contributed by atoms with Gasteiger partial charge in [-0.1, -0.05) is 35.9 Å². The van der Waals surface area contributed by atoms with Crippen molar-refractivity contribution >= 4 is 29.2 Å². The third kappa shape index (κ3) is 2.34. The summed E-state index contributed by atoms with van der Waals surface area (Å²) in [4.78, 5) is 5.98. The molecule has 0 fully saturated rings. The molecule has 0 bridgehead atoms. The van der Waals surface area contributed by atoms with Crippen LogP contribution < -0.4 is 5.32 Å². The lowest BCUT2D eigenvalue weighted by molar-refractivity contribution is 0.926. The van der Waals surface area contributed by atoms with E-state index in [-0.39, 0.29) is 5.92 Å². The van der Waals surface area contributed by atoms with Crippen molar-refractivity contribution in [3.8, 4) is 0 Å². The summed E-state index contributed by atoms with van der Waals surface area (Å²) in [6.45, 7) is 1.79. The average Bonchev–Trinajstić information content (AvgIpc) is 2.97. The van der Waals surface area contributed by atoms with E-state index in [1.165, 1.54) is 21.6 Å². The highest BCUT2D eigenvalue weighted by Crippen LogP contribution is 2.42. The van der Waals surface area contributed by atoms with Crippen molar-refractivity contribution in [1.82, 2.24) is 5.32 Å². The zero-order valence-corrected chi connectivity index (χ0v) is 13.0. The normalized spacial score (nSPS) is 20.0. The Labute approximate surface area is 133 Å². The number of benzene rings is 2. The van der Waals surface area contributed by atoms with E-state index >= 15 is 0 Å². The zero-order valence-electron chi connectivity index (χ0n) is 11.5. The van der Waals surface area contributed by atoms with Gasteiger partial charge < -0.3 is 5.32 Å². The molecule has 4 heteroatoms. The van der Waals surface area contributed by atoms with Crippen LogP contribution in [0.2, 0.25) is 5.02 Å². The van der Waals surface area contributed by atoms with Gasteiger partial charge in [-0.25, -0.2) is 0 Å². The molecule has 106 valence electrons. The lowest BCUT2D eigenvalue weighted by Crippen LogP contribution is -2.27. The summed E-state index contributed by atoms with van der Waals surface area (Å²) in [6.07, 6.45) is 0. The van der Waals surface area contributed by atoms with Crippen LogP contribution in [0, 0.1) is 0 Å². The number of rotatable bonds is 1. The number of hydrogen-bond donors (Lipinski definition) is 1. The quantitative estimate of drug-likeness (QED) is 0.857. The molecule has 0 saturated heterocycles. The van der Waals surface area contributed by atoms with Crippen LogP contribution in [0.25, 0.3) is 0 Å². The Morgan fingerprint density at radius 1 is 1.14 bits per heavy atom. The second kappa shape index (κ2) is 5.39. The summed E-state index contributed by atoms with van der Waals surface area (Å²) in [6, 6.07) is 14.9. The summed E-state index contributed by atoms with van der Waals surface area (Å²) in [5.74, 6) is 2.25. The maximum atomic E-state index is 6.26. The lowest BCUT2D eigenvalue weighted by Gasteiger charge is -2.20. The van der Waals surface area contributed by atoms with Crippen molar-refractivity contribution in [2.24, 2.45) is 4.99 Å². The molecule has 2 aliphatic rings. The first-order valence-corrected chi connectivity index (χ1v) is 8.47. The average molecular weight is 315 g/mol. The highest BCUT2D eigenvalue weighted by Gasteiger charge is 2.29. The van der Waals surface area contributed by atoms with Gasteiger partial charge in [-0.05, 0) is 34.9 Å². The van der Waals surface area contributed by atoms with Gasteiger partial charge in [0, 0.05) is 22.2 Å². The zero-order chi connectivity index (χ0) is 14.2. The minimum absolute atomic E-state index is 0.174. The predicted octanol–water partition coefficient (Wildman–Crippen LogP) is 4.08. The monoisotopic (exact) mass is 314 g/mol. The molecule has 0 saturated carbocycles. The number of thioether (sulfide) groups is 1. The van der Waals surface area contributed by atoms with Crippen LogP contribution in [0.15, 0.2) is 52.4 Å². The van der Waals surface area contributed by atoms with Crippen molar-refractivity contribution in [1.29, 1.82) is 0 Å². The van der Waals surface area contributed by atoms with Gasteiger partial charge in [-0.3, -0.25) is 4.99 Å². The largest absolute Gasteiger partial charge is 0.371 e. The summed E-state index contributed by atoms with van der Waals surface area (Å²) in [7, 11) is 0. The van der Waals surface area contributed by atoms with E-state index < -0.39 is 0 Å². The minimum atomic E-state index is 0.174.